The number of carbonyl (C=O) groups is 2. The van der Waals surface area contributed by atoms with Gasteiger partial charge >= 0.3 is 17.6 Å². The molecule has 0 spiro atoms. The number of aliphatic hydroxyl groups is 1. The van der Waals surface area contributed by atoms with Gasteiger partial charge in [0.25, 0.3) is 0 Å². The van der Waals surface area contributed by atoms with Crippen molar-refractivity contribution in [2.75, 3.05) is 13.2 Å². The Morgan fingerprint density at radius 1 is 0.822 bits per heavy atom. The number of ether oxygens (including phenoxy) is 3. The van der Waals surface area contributed by atoms with E-state index in [-0.39, 0.29) is 6.61 Å². The van der Waals surface area contributed by atoms with Crippen LogP contribution in [-0.4, -0.2) is 36.5 Å². The van der Waals surface area contributed by atoms with Gasteiger partial charge in [0.05, 0.1) is 18.8 Å². The number of fused-ring (bicyclic) bond motifs is 2. The summed E-state index contributed by atoms with van der Waals surface area (Å²) in [6.45, 7) is 16.4. The Morgan fingerprint density at radius 2 is 1.51 bits per heavy atom. The fourth-order valence-electron chi connectivity index (χ4n) is 4.72. The van der Waals surface area contributed by atoms with Crippen molar-refractivity contribution in [3.8, 4) is 16.9 Å². The second kappa shape index (κ2) is 14.8. The van der Waals surface area contributed by atoms with E-state index in [1.807, 2.05) is 42.5 Å². The number of hydrogen-bond donors (Lipinski definition) is 1. The monoisotopic (exact) mass is 610 g/mol. The summed E-state index contributed by atoms with van der Waals surface area (Å²) >= 11 is 0. The summed E-state index contributed by atoms with van der Waals surface area (Å²) < 4.78 is 22.0. The summed E-state index contributed by atoms with van der Waals surface area (Å²) in [7, 11) is 0. The second-order valence-electron chi connectivity index (χ2n) is 11.2. The molecule has 1 N–H and O–H groups in total. The molecule has 0 bridgehead atoms. The van der Waals surface area contributed by atoms with E-state index in [4.69, 9.17) is 18.6 Å². The van der Waals surface area contributed by atoms with Crippen LogP contribution in [-0.2, 0) is 31.9 Å². The van der Waals surface area contributed by atoms with Gasteiger partial charge in [-0.2, -0.15) is 0 Å². The third-order valence-electron chi connectivity index (χ3n) is 7.13. The highest BCUT2D eigenvalue weighted by atomic mass is 16.6. The van der Waals surface area contributed by atoms with Gasteiger partial charge in [0.1, 0.15) is 11.3 Å². The van der Waals surface area contributed by atoms with Gasteiger partial charge in [0.15, 0.2) is 6.29 Å². The van der Waals surface area contributed by atoms with Gasteiger partial charge in [0, 0.05) is 16.5 Å². The van der Waals surface area contributed by atoms with Crippen molar-refractivity contribution >= 4 is 33.7 Å². The SMILES string of the molecule is C=C(C)C(=O)OCCCc1cc(CCCOC(O)C(=C)C)cc2cc(-c3ccc4cc(OC(=O)C(=C)C)ccc4c3)c(=O)oc12. The molecular weight excluding hydrogens is 572 g/mol. The molecule has 8 nitrogen and oxygen atoms in total. The molecule has 4 rings (SSSR count). The minimum absolute atomic E-state index is 0.206. The van der Waals surface area contributed by atoms with Gasteiger partial charge < -0.3 is 23.7 Å². The maximum Gasteiger partial charge on any atom is 0.344 e. The molecule has 45 heavy (non-hydrogen) atoms. The molecule has 0 aliphatic heterocycles. The summed E-state index contributed by atoms with van der Waals surface area (Å²) in [5.41, 5.74) is 4.13. The van der Waals surface area contributed by atoms with Crippen LogP contribution in [0.5, 0.6) is 5.75 Å². The summed E-state index contributed by atoms with van der Waals surface area (Å²) in [4.78, 5) is 37.0. The Balaban J connectivity index is 1.64. The minimum atomic E-state index is -1.00. The lowest BCUT2D eigenvalue weighted by molar-refractivity contribution is -0.139. The lowest BCUT2D eigenvalue weighted by atomic mass is 9.97. The van der Waals surface area contributed by atoms with E-state index in [0.29, 0.717) is 71.5 Å². The fraction of sp³-hybridized carbons (Fsp3) is 0.270. The van der Waals surface area contributed by atoms with Gasteiger partial charge in [0.2, 0.25) is 0 Å². The van der Waals surface area contributed by atoms with E-state index in [0.717, 1.165) is 27.3 Å². The summed E-state index contributed by atoms with van der Waals surface area (Å²) in [6.07, 6.45) is 1.37. The molecule has 4 aromatic rings. The molecule has 0 saturated heterocycles. The topological polar surface area (TPSA) is 112 Å². The lowest BCUT2D eigenvalue weighted by Gasteiger charge is -2.13. The first-order valence-electron chi connectivity index (χ1n) is 14.7. The molecule has 0 radical (unpaired) electrons. The third kappa shape index (κ3) is 8.65. The van der Waals surface area contributed by atoms with Crippen LogP contribution >= 0.6 is 0 Å². The predicted molar refractivity (Wildman–Crippen MR) is 175 cm³/mol. The summed E-state index contributed by atoms with van der Waals surface area (Å²) in [5.74, 6) is -0.535. The molecule has 3 aromatic carbocycles. The Hall–Kier alpha value is -4.79. The first-order valence-corrected chi connectivity index (χ1v) is 14.7. The lowest BCUT2D eigenvalue weighted by Crippen LogP contribution is -2.13. The van der Waals surface area contributed by atoms with E-state index in [9.17, 15) is 19.5 Å². The van der Waals surface area contributed by atoms with Crippen molar-refractivity contribution in [1.82, 2.24) is 0 Å². The van der Waals surface area contributed by atoms with E-state index in [1.54, 1.807) is 32.9 Å². The van der Waals surface area contributed by atoms with Crippen LogP contribution in [0.3, 0.4) is 0 Å². The van der Waals surface area contributed by atoms with Crippen LogP contribution in [0.2, 0.25) is 0 Å². The van der Waals surface area contributed by atoms with E-state index < -0.39 is 23.9 Å². The molecule has 1 aromatic heterocycles. The number of esters is 2. The quantitative estimate of drug-likeness (QED) is 0.0309. The molecule has 8 heteroatoms. The van der Waals surface area contributed by atoms with Gasteiger partial charge in [-0.3, -0.25) is 0 Å². The van der Waals surface area contributed by atoms with Gasteiger partial charge in [-0.25, -0.2) is 14.4 Å². The van der Waals surface area contributed by atoms with Gasteiger partial charge in [-0.05, 0) is 110 Å². The molecule has 1 atom stereocenters. The molecule has 234 valence electrons. The van der Waals surface area contributed by atoms with Crippen molar-refractivity contribution in [2.24, 2.45) is 0 Å². The van der Waals surface area contributed by atoms with Crippen molar-refractivity contribution in [2.45, 2.75) is 52.7 Å². The van der Waals surface area contributed by atoms with Crippen LogP contribution in [0.1, 0.15) is 44.7 Å². The van der Waals surface area contributed by atoms with Crippen molar-refractivity contribution < 1.29 is 33.3 Å². The highest BCUT2D eigenvalue weighted by molar-refractivity contribution is 5.92. The molecule has 0 fully saturated rings. The van der Waals surface area contributed by atoms with E-state index in [2.05, 4.69) is 19.7 Å². The summed E-state index contributed by atoms with van der Waals surface area (Å²) in [5, 5.41) is 12.3. The number of aryl methyl sites for hydroxylation is 2. The zero-order valence-electron chi connectivity index (χ0n) is 25.9. The average molecular weight is 611 g/mol. The molecule has 1 heterocycles. The molecule has 0 amide bonds. The van der Waals surface area contributed by atoms with Crippen LogP contribution in [0.15, 0.2) is 100 Å². The molecule has 1 unspecified atom stereocenters. The zero-order chi connectivity index (χ0) is 32.7. The van der Waals surface area contributed by atoms with E-state index in [1.165, 1.54) is 0 Å². The van der Waals surface area contributed by atoms with Gasteiger partial charge in [-0.1, -0.05) is 44.0 Å². The Morgan fingerprint density at radius 3 is 2.22 bits per heavy atom. The minimum Gasteiger partial charge on any atom is -0.462 e. The second-order valence-corrected chi connectivity index (χ2v) is 11.2. The first kappa shape index (κ1) is 33.1. The zero-order valence-corrected chi connectivity index (χ0v) is 25.9. The standard InChI is InChI=1S/C37H38O8/c1-22(2)34(38)42-15-7-9-25-17-29(10-8-16-43-35(39)23(3)4)33-30(18-25)21-32(37(41)45-33)28-12-11-27-20-31(14-13-26(27)19-28)44-36(40)24(5)6/h11-14,17-21,34,38H,1,3,5,7-10,15-16H2,2,4,6H3. The molecule has 0 aliphatic rings. The maximum absolute atomic E-state index is 13.3. The fourth-order valence-corrected chi connectivity index (χ4v) is 4.72. The highest BCUT2D eigenvalue weighted by Crippen LogP contribution is 2.30. The average Bonchev–Trinajstić information content (AvgIpc) is 3.00. The van der Waals surface area contributed by atoms with Crippen molar-refractivity contribution in [1.29, 1.82) is 0 Å². The third-order valence-corrected chi connectivity index (χ3v) is 7.13. The predicted octanol–water partition coefficient (Wildman–Crippen LogP) is 6.99. The molecular formula is C37H38O8. The first-order chi connectivity index (χ1) is 21.4. The number of aliphatic hydroxyl groups excluding tert-OH is 1. The van der Waals surface area contributed by atoms with Crippen LogP contribution in [0, 0.1) is 0 Å². The van der Waals surface area contributed by atoms with E-state index >= 15 is 0 Å². The molecule has 0 aliphatic carbocycles. The number of carbonyl (C=O) groups excluding carboxylic acids is 2. The Kier molecular flexibility index (Phi) is 10.9. The van der Waals surface area contributed by atoms with Gasteiger partial charge in [-0.15, -0.1) is 0 Å². The number of benzene rings is 3. The van der Waals surface area contributed by atoms with Crippen LogP contribution in [0.4, 0.5) is 0 Å². The smallest absolute Gasteiger partial charge is 0.344 e. The highest BCUT2D eigenvalue weighted by Gasteiger charge is 2.15. The molecule has 0 saturated carbocycles. The largest absolute Gasteiger partial charge is 0.462 e. The van der Waals surface area contributed by atoms with Crippen molar-refractivity contribution in [3.63, 3.8) is 0 Å². The number of hydrogen-bond acceptors (Lipinski definition) is 8. The Bertz CT molecular complexity index is 1850. The Labute approximate surface area is 262 Å². The number of rotatable bonds is 14. The maximum atomic E-state index is 13.3. The normalized spacial score (nSPS) is 11.7. The van der Waals surface area contributed by atoms with Crippen LogP contribution < -0.4 is 10.4 Å². The summed E-state index contributed by atoms with van der Waals surface area (Å²) in [6, 6.07) is 16.7. The van der Waals surface area contributed by atoms with Crippen molar-refractivity contribution in [3.05, 3.63) is 113 Å². The van der Waals surface area contributed by atoms with Crippen LogP contribution in [0.25, 0.3) is 32.9 Å².